The topological polar surface area (TPSA) is 55.8 Å². The summed E-state index contributed by atoms with van der Waals surface area (Å²) in [7, 11) is 0. The number of carbonyl (C=O) groups excluding carboxylic acids is 1. The molecule has 1 aliphatic heterocycles. The number of aliphatic hydroxyl groups is 1. The fourth-order valence-corrected chi connectivity index (χ4v) is 7.77. The van der Waals surface area contributed by atoms with E-state index in [4.69, 9.17) is 9.47 Å². The molecule has 0 unspecified atom stereocenters. The number of unbranched alkanes of at least 4 members (excludes halogenated alkanes) is 2. The third-order valence-corrected chi connectivity index (χ3v) is 9.64. The quantitative estimate of drug-likeness (QED) is 0.418. The van der Waals surface area contributed by atoms with Crippen LogP contribution in [0.25, 0.3) is 0 Å². The molecule has 35 heavy (non-hydrogen) atoms. The molecule has 4 heteroatoms. The van der Waals surface area contributed by atoms with Crippen molar-refractivity contribution >= 4 is 5.78 Å². The van der Waals surface area contributed by atoms with Gasteiger partial charge in [0.05, 0.1) is 0 Å². The van der Waals surface area contributed by atoms with Crippen LogP contribution in [0.4, 0.5) is 0 Å². The van der Waals surface area contributed by atoms with E-state index in [-0.39, 0.29) is 23.9 Å². The van der Waals surface area contributed by atoms with Gasteiger partial charge >= 0.3 is 0 Å². The fraction of sp³-hybridized carbons (Fsp3) is 0.581. The highest BCUT2D eigenvalue weighted by molar-refractivity contribution is 5.93. The summed E-state index contributed by atoms with van der Waals surface area (Å²) in [4.78, 5) is 12.2. The smallest absolute Gasteiger partial charge is 0.231 e. The Kier molecular flexibility index (Phi) is 5.60. The summed E-state index contributed by atoms with van der Waals surface area (Å²) in [5.74, 6) is 9.64. The number of fused-ring (bicyclic) bond motifs is 5. The minimum Gasteiger partial charge on any atom is -0.454 e. The molecule has 1 heterocycles. The molecule has 1 aromatic carbocycles. The van der Waals surface area contributed by atoms with Crippen molar-refractivity contribution in [2.75, 3.05) is 6.79 Å². The summed E-state index contributed by atoms with van der Waals surface area (Å²) < 4.78 is 11.3. The minimum atomic E-state index is -0.950. The first-order valence-corrected chi connectivity index (χ1v) is 13.5. The van der Waals surface area contributed by atoms with Crippen LogP contribution >= 0.6 is 0 Å². The number of benzene rings is 1. The van der Waals surface area contributed by atoms with Crippen molar-refractivity contribution in [3.63, 3.8) is 0 Å². The molecule has 0 saturated heterocycles. The van der Waals surface area contributed by atoms with Gasteiger partial charge in [0.2, 0.25) is 6.79 Å². The van der Waals surface area contributed by atoms with Crippen LogP contribution in [0.3, 0.4) is 0 Å². The van der Waals surface area contributed by atoms with E-state index in [0.29, 0.717) is 18.3 Å². The lowest BCUT2D eigenvalue weighted by Gasteiger charge is -2.53. The molecular weight excluding hydrogens is 436 g/mol. The second kappa shape index (κ2) is 8.56. The van der Waals surface area contributed by atoms with Gasteiger partial charge in [0.15, 0.2) is 17.3 Å². The van der Waals surface area contributed by atoms with Crippen molar-refractivity contribution in [2.24, 2.45) is 17.3 Å². The largest absolute Gasteiger partial charge is 0.454 e. The first kappa shape index (κ1) is 22.9. The standard InChI is InChI=1S/C31H36O4/c1-3-4-5-6-14-31(33)15-13-26-24-10-7-20-16-22(32)9-11-23(20)29(24)25(18-30(26,31)2)21-8-12-27-28(17-21)35-19-34-27/h8,12,16-17,24-26,33H,3-5,7,9-11,13,15,18-19H2,1-2H3/t24-,25+,26-,30-,31-/m0/s1. The molecule has 0 radical (unpaired) electrons. The Balaban J connectivity index is 1.47. The predicted molar refractivity (Wildman–Crippen MR) is 135 cm³/mol. The van der Waals surface area contributed by atoms with Crippen molar-refractivity contribution in [3.05, 3.63) is 46.6 Å². The van der Waals surface area contributed by atoms with Crippen molar-refractivity contribution in [2.45, 2.75) is 89.6 Å². The highest BCUT2D eigenvalue weighted by Gasteiger charge is 2.62. The molecule has 2 fully saturated rings. The molecule has 1 aromatic rings. The second-order valence-corrected chi connectivity index (χ2v) is 11.4. The summed E-state index contributed by atoms with van der Waals surface area (Å²) >= 11 is 0. The summed E-state index contributed by atoms with van der Waals surface area (Å²) in [5, 5.41) is 12.0. The fourth-order valence-electron chi connectivity index (χ4n) is 7.77. The lowest BCUT2D eigenvalue weighted by atomic mass is 9.51. The molecule has 1 N–H and O–H groups in total. The van der Waals surface area contributed by atoms with E-state index >= 15 is 0 Å². The normalized spacial score (nSPS) is 35.0. The molecule has 4 aliphatic carbocycles. The SMILES string of the molecule is CCCCC#C[C@]1(O)CC[C@H]2[C@@H]3CCC4=CC(=O)CCC4=C3[C@@H](c3ccc4c(c3)OCO4)C[C@@]21C. The van der Waals surface area contributed by atoms with Crippen molar-refractivity contribution in [1.82, 2.24) is 0 Å². The maximum Gasteiger partial charge on any atom is 0.231 e. The van der Waals surface area contributed by atoms with Crippen LogP contribution in [0.1, 0.15) is 89.5 Å². The highest BCUT2D eigenvalue weighted by atomic mass is 16.7. The molecule has 0 spiro atoms. The number of hydrogen-bond donors (Lipinski definition) is 1. The lowest BCUT2D eigenvalue weighted by Crippen LogP contribution is -2.51. The number of allylic oxidation sites excluding steroid dienone is 4. The van der Waals surface area contributed by atoms with E-state index in [0.717, 1.165) is 69.3 Å². The third-order valence-electron chi connectivity index (χ3n) is 9.64. The van der Waals surface area contributed by atoms with E-state index in [2.05, 4.69) is 37.8 Å². The van der Waals surface area contributed by atoms with Gasteiger partial charge < -0.3 is 14.6 Å². The van der Waals surface area contributed by atoms with Gasteiger partial charge in [-0.3, -0.25) is 4.79 Å². The van der Waals surface area contributed by atoms with Gasteiger partial charge in [0, 0.05) is 24.2 Å². The molecule has 6 rings (SSSR count). The molecular formula is C31H36O4. The van der Waals surface area contributed by atoms with Gasteiger partial charge in [-0.05, 0) is 91.7 Å². The van der Waals surface area contributed by atoms with E-state index in [9.17, 15) is 9.90 Å². The Bertz CT molecular complexity index is 1180. The molecule has 2 saturated carbocycles. The van der Waals surface area contributed by atoms with Crippen molar-refractivity contribution in [3.8, 4) is 23.3 Å². The third kappa shape index (κ3) is 3.58. The highest BCUT2D eigenvalue weighted by Crippen LogP contribution is 2.66. The van der Waals surface area contributed by atoms with Gasteiger partial charge in [-0.15, -0.1) is 5.92 Å². The van der Waals surface area contributed by atoms with Crippen LogP contribution in [-0.4, -0.2) is 23.3 Å². The van der Waals surface area contributed by atoms with Crippen LogP contribution in [-0.2, 0) is 4.79 Å². The Labute approximate surface area is 208 Å². The Morgan fingerprint density at radius 2 is 2.00 bits per heavy atom. The average molecular weight is 473 g/mol. The van der Waals surface area contributed by atoms with Gasteiger partial charge in [-0.1, -0.05) is 37.8 Å². The van der Waals surface area contributed by atoms with Gasteiger partial charge in [-0.2, -0.15) is 0 Å². The number of rotatable bonds is 3. The Hall–Kier alpha value is -2.51. The average Bonchev–Trinajstić information content (AvgIpc) is 3.43. The predicted octanol–water partition coefficient (Wildman–Crippen LogP) is 6.24. The lowest BCUT2D eigenvalue weighted by molar-refractivity contribution is -0.114. The summed E-state index contributed by atoms with van der Waals surface area (Å²) in [5.41, 5.74) is 4.22. The first-order valence-electron chi connectivity index (χ1n) is 13.5. The van der Waals surface area contributed by atoms with Gasteiger partial charge in [0.25, 0.3) is 0 Å². The van der Waals surface area contributed by atoms with E-state index < -0.39 is 5.60 Å². The van der Waals surface area contributed by atoms with Gasteiger partial charge in [0.1, 0.15) is 5.60 Å². The van der Waals surface area contributed by atoms with Crippen LogP contribution < -0.4 is 9.47 Å². The van der Waals surface area contributed by atoms with Crippen LogP contribution in [0, 0.1) is 29.1 Å². The molecule has 0 amide bonds. The first-order chi connectivity index (χ1) is 16.9. The van der Waals surface area contributed by atoms with E-state index in [1.54, 1.807) is 0 Å². The Morgan fingerprint density at radius 1 is 1.14 bits per heavy atom. The maximum atomic E-state index is 12.2. The van der Waals surface area contributed by atoms with Gasteiger partial charge in [-0.25, -0.2) is 0 Å². The van der Waals surface area contributed by atoms with Crippen LogP contribution in [0.2, 0.25) is 0 Å². The summed E-state index contributed by atoms with van der Waals surface area (Å²) in [6.45, 7) is 4.75. The maximum absolute atomic E-state index is 12.2. The molecule has 0 aromatic heterocycles. The molecule has 0 bridgehead atoms. The van der Waals surface area contributed by atoms with Crippen molar-refractivity contribution < 1.29 is 19.4 Å². The number of ether oxygens (including phenoxy) is 2. The van der Waals surface area contributed by atoms with E-state index in [1.165, 1.54) is 22.3 Å². The molecule has 4 nitrogen and oxygen atoms in total. The molecule has 5 atom stereocenters. The van der Waals surface area contributed by atoms with E-state index in [1.807, 2.05) is 12.1 Å². The summed E-state index contributed by atoms with van der Waals surface area (Å²) in [6, 6.07) is 6.36. The zero-order valence-corrected chi connectivity index (χ0v) is 21.0. The zero-order chi connectivity index (χ0) is 24.2. The number of ketones is 1. The Morgan fingerprint density at radius 3 is 2.86 bits per heavy atom. The zero-order valence-electron chi connectivity index (χ0n) is 21.0. The molecule has 5 aliphatic rings. The van der Waals surface area contributed by atoms with Crippen LogP contribution in [0.15, 0.2) is 41.0 Å². The monoisotopic (exact) mass is 472 g/mol. The minimum absolute atomic E-state index is 0.185. The summed E-state index contributed by atoms with van der Waals surface area (Å²) in [6.07, 6.45) is 11.1. The van der Waals surface area contributed by atoms with Crippen molar-refractivity contribution in [1.29, 1.82) is 0 Å². The van der Waals surface area contributed by atoms with Crippen LogP contribution in [0.5, 0.6) is 11.5 Å². The number of hydrogen-bond acceptors (Lipinski definition) is 4. The second-order valence-electron chi connectivity index (χ2n) is 11.4. The number of carbonyl (C=O) groups is 1. The molecule has 184 valence electrons.